The zero-order valence-corrected chi connectivity index (χ0v) is 17.4. The maximum absolute atomic E-state index is 12.8. The number of carbonyl (C=O) groups excluding carboxylic acids is 2. The highest BCUT2D eigenvalue weighted by molar-refractivity contribution is 8.18. The summed E-state index contributed by atoms with van der Waals surface area (Å²) in [7, 11) is 1.60. The molecule has 0 unspecified atom stereocenters. The third-order valence-corrected chi connectivity index (χ3v) is 5.24. The number of nitrogens with zero attached hydrogens (tertiary/aromatic N) is 2. The smallest absolute Gasteiger partial charge is 0.338 e. The fourth-order valence-corrected chi connectivity index (χ4v) is 3.85. The Morgan fingerprint density at radius 2 is 1.86 bits per heavy atom. The molecular weight excluding hydrogens is 388 g/mol. The molecule has 6 nitrogen and oxygen atoms in total. The highest BCUT2D eigenvalue weighted by Gasteiger charge is 2.32. The maximum Gasteiger partial charge on any atom is 0.338 e. The van der Waals surface area contributed by atoms with Crippen LogP contribution in [0.3, 0.4) is 0 Å². The molecule has 3 rings (SSSR count). The monoisotopic (exact) mass is 410 g/mol. The molecule has 1 aliphatic heterocycles. The van der Waals surface area contributed by atoms with E-state index in [1.165, 1.54) is 11.8 Å². The first-order valence-corrected chi connectivity index (χ1v) is 10.1. The molecule has 1 fully saturated rings. The van der Waals surface area contributed by atoms with Crippen molar-refractivity contribution in [2.45, 2.75) is 13.8 Å². The van der Waals surface area contributed by atoms with Crippen molar-refractivity contribution in [1.82, 2.24) is 4.90 Å². The lowest BCUT2D eigenvalue weighted by Gasteiger charge is -2.12. The Kier molecular flexibility index (Phi) is 6.72. The van der Waals surface area contributed by atoms with Gasteiger partial charge in [-0.3, -0.25) is 9.69 Å². The van der Waals surface area contributed by atoms with Gasteiger partial charge in [-0.15, -0.1) is 0 Å². The van der Waals surface area contributed by atoms with Gasteiger partial charge in [-0.25, -0.2) is 9.79 Å². The molecule has 0 N–H and O–H groups in total. The van der Waals surface area contributed by atoms with E-state index in [1.807, 2.05) is 37.3 Å². The third kappa shape index (κ3) is 4.68. The minimum absolute atomic E-state index is 0.0923. The summed E-state index contributed by atoms with van der Waals surface area (Å²) in [6.07, 6.45) is 1.82. The van der Waals surface area contributed by atoms with E-state index in [2.05, 4.69) is 4.99 Å². The number of rotatable bonds is 6. The molecule has 2 aromatic carbocycles. The molecule has 0 radical (unpaired) electrons. The number of esters is 1. The van der Waals surface area contributed by atoms with Crippen LogP contribution < -0.4 is 4.74 Å². The van der Waals surface area contributed by atoms with E-state index in [0.717, 1.165) is 5.56 Å². The van der Waals surface area contributed by atoms with E-state index in [4.69, 9.17) is 9.47 Å². The summed E-state index contributed by atoms with van der Waals surface area (Å²) in [5.41, 5.74) is 1.96. The number of amidine groups is 1. The highest BCUT2D eigenvalue weighted by Crippen LogP contribution is 2.35. The van der Waals surface area contributed by atoms with Gasteiger partial charge in [0.25, 0.3) is 5.91 Å². The minimum atomic E-state index is -0.366. The Morgan fingerprint density at radius 1 is 1.14 bits per heavy atom. The van der Waals surface area contributed by atoms with Gasteiger partial charge in [0, 0.05) is 12.1 Å². The van der Waals surface area contributed by atoms with Crippen molar-refractivity contribution in [3.63, 3.8) is 0 Å². The van der Waals surface area contributed by atoms with E-state index in [-0.39, 0.29) is 11.9 Å². The van der Waals surface area contributed by atoms with Gasteiger partial charge in [-0.2, -0.15) is 0 Å². The van der Waals surface area contributed by atoms with E-state index >= 15 is 0 Å². The van der Waals surface area contributed by atoms with E-state index in [0.29, 0.717) is 40.2 Å². The summed E-state index contributed by atoms with van der Waals surface area (Å²) in [6.45, 7) is 4.51. The van der Waals surface area contributed by atoms with Crippen LogP contribution in [0.25, 0.3) is 6.08 Å². The quantitative estimate of drug-likeness (QED) is 0.518. The Balaban J connectivity index is 1.87. The van der Waals surface area contributed by atoms with Crippen molar-refractivity contribution in [3.05, 3.63) is 64.6 Å². The van der Waals surface area contributed by atoms with Crippen LogP contribution in [0.5, 0.6) is 5.75 Å². The normalized spacial score (nSPS) is 16.5. The van der Waals surface area contributed by atoms with Crippen LogP contribution in [0, 0.1) is 0 Å². The molecule has 0 bridgehead atoms. The van der Waals surface area contributed by atoms with E-state index in [9.17, 15) is 9.59 Å². The van der Waals surface area contributed by atoms with Crippen molar-refractivity contribution in [1.29, 1.82) is 0 Å². The first-order valence-electron chi connectivity index (χ1n) is 9.27. The third-order valence-electron chi connectivity index (χ3n) is 4.23. The molecule has 150 valence electrons. The summed E-state index contributed by atoms with van der Waals surface area (Å²) in [5.74, 6) is 0.246. The minimum Gasteiger partial charge on any atom is -0.496 e. The van der Waals surface area contributed by atoms with Gasteiger partial charge >= 0.3 is 5.97 Å². The predicted octanol–water partition coefficient (Wildman–Crippen LogP) is 4.50. The first-order chi connectivity index (χ1) is 14.1. The van der Waals surface area contributed by atoms with Crippen molar-refractivity contribution >= 4 is 40.6 Å². The van der Waals surface area contributed by atoms with Gasteiger partial charge in [0.1, 0.15) is 5.75 Å². The Labute approximate surface area is 174 Å². The van der Waals surface area contributed by atoms with Gasteiger partial charge in [0.2, 0.25) is 0 Å². The van der Waals surface area contributed by atoms with Gasteiger partial charge < -0.3 is 9.47 Å². The second kappa shape index (κ2) is 9.43. The van der Waals surface area contributed by atoms with Crippen LogP contribution in [0.4, 0.5) is 5.69 Å². The SMILES string of the molecule is CCOC(=O)c1ccc(N=C2SC(=Cc3ccccc3OC)C(=O)N2CC)cc1. The number of benzene rings is 2. The van der Waals surface area contributed by atoms with Gasteiger partial charge in [-0.1, -0.05) is 18.2 Å². The Hall–Kier alpha value is -3.06. The van der Waals surface area contributed by atoms with Gasteiger partial charge in [-0.05, 0) is 62.0 Å². The zero-order valence-electron chi connectivity index (χ0n) is 16.5. The Bertz CT molecular complexity index is 967. The summed E-state index contributed by atoms with van der Waals surface area (Å²) < 4.78 is 10.4. The molecule has 0 saturated carbocycles. The zero-order chi connectivity index (χ0) is 20.8. The van der Waals surface area contributed by atoms with Gasteiger partial charge in [0.05, 0.1) is 29.9 Å². The number of para-hydroxylation sites is 1. The lowest BCUT2D eigenvalue weighted by molar-refractivity contribution is -0.122. The number of amides is 1. The lowest BCUT2D eigenvalue weighted by atomic mass is 10.2. The van der Waals surface area contributed by atoms with Crippen molar-refractivity contribution in [3.8, 4) is 5.75 Å². The standard InChI is InChI=1S/C22H22N2O4S/c1-4-24-20(25)19(14-16-8-6-7-9-18(16)27-3)29-22(24)23-17-12-10-15(11-13-17)21(26)28-5-2/h6-14H,4-5H2,1-3H3. The molecule has 7 heteroatoms. The summed E-state index contributed by atoms with van der Waals surface area (Å²) >= 11 is 1.32. The summed E-state index contributed by atoms with van der Waals surface area (Å²) in [5, 5.41) is 0.600. The first kappa shape index (κ1) is 20.7. The maximum atomic E-state index is 12.8. The van der Waals surface area contributed by atoms with Crippen LogP contribution in [0.15, 0.2) is 58.4 Å². The fraction of sp³-hybridized carbons (Fsp3) is 0.227. The second-order valence-electron chi connectivity index (χ2n) is 6.06. The number of likely N-dealkylation sites (N-methyl/N-ethyl adjacent to an activating group) is 1. The largest absolute Gasteiger partial charge is 0.496 e. The van der Waals surface area contributed by atoms with Crippen LogP contribution >= 0.6 is 11.8 Å². The average molecular weight is 410 g/mol. The molecule has 1 aliphatic rings. The fourth-order valence-electron chi connectivity index (χ4n) is 2.79. The molecule has 2 aromatic rings. The summed E-state index contributed by atoms with van der Waals surface area (Å²) in [4.78, 5) is 31.4. The van der Waals surface area contributed by atoms with Crippen LogP contribution in [-0.2, 0) is 9.53 Å². The topological polar surface area (TPSA) is 68.2 Å². The summed E-state index contributed by atoms with van der Waals surface area (Å²) in [6, 6.07) is 14.3. The number of thioether (sulfide) groups is 1. The molecule has 0 spiro atoms. The lowest BCUT2D eigenvalue weighted by Crippen LogP contribution is -2.28. The number of ether oxygens (including phenoxy) is 2. The molecule has 0 atom stereocenters. The molecule has 0 aliphatic carbocycles. The molecule has 0 aromatic heterocycles. The van der Waals surface area contributed by atoms with E-state index in [1.54, 1.807) is 43.2 Å². The predicted molar refractivity (Wildman–Crippen MR) is 115 cm³/mol. The number of aliphatic imine (C=N–C) groups is 1. The molecule has 1 heterocycles. The molecule has 29 heavy (non-hydrogen) atoms. The molecular formula is C22H22N2O4S. The number of methoxy groups -OCH3 is 1. The van der Waals surface area contributed by atoms with Crippen LogP contribution in [0.2, 0.25) is 0 Å². The average Bonchev–Trinajstić information content (AvgIpc) is 3.03. The van der Waals surface area contributed by atoms with Crippen LogP contribution in [-0.4, -0.2) is 42.2 Å². The number of hydrogen-bond donors (Lipinski definition) is 0. The Morgan fingerprint density at radius 3 is 2.52 bits per heavy atom. The van der Waals surface area contributed by atoms with Crippen LogP contribution in [0.1, 0.15) is 29.8 Å². The molecule has 1 saturated heterocycles. The van der Waals surface area contributed by atoms with Crippen molar-refractivity contribution in [2.75, 3.05) is 20.3 Å². The van der Waals surface area contributed by atoms with Gasteiger partial charge in [0.15, 0.2) is 5.17 Å². The van der Waals surface area contributed by atoms with E-state index < -0.39 is 0 Å². The number of carbonyl (C=O) groups is 2. The highest BCUT2D eigenvalue weighted by atomic mass is 32.2. The molecule has 1 amide bonds. The number of hydrogen-bond acceptors (Lipinski definition) is 6. The van der Waals surface area contributed by atoms with Crippen molar-refractivity contribution in [2.24, 2.45) is 4.99 Å². The van der Waals surface area contributed by atoms with Crippen molar-refractivity contribution < 1.29 is 19.1 Å². The second-order valence-corrected chi connectivity index (χ2v) is 7.07.